The lowest BCUT2D eigenvalue weighted by Crippen LogP contribution is -2.44. The van der Waals surface area contributed by atoms with Crippen molar-refractivity contribution in [2.24, 2.45) is 0 Å². The van der Waals surface area contributed by atoms with Crippen molar-refractivity contribution in [1.29, 1.82) is 0 Å². The maximum atomic E-state index is 14.0. The molecule has 1 fully saturated rings. The van der Waals surface area contributed by atoms with Crippen molar-refractivity contribution in [3.63, 3.8) is 0 Å². The summed E-state index contributed by atoms with van der Waals surface area (Å²) in [4.78, 5) is 28.7. The van der Waals surface area contributed by atoms with Gasteiger partial charge < -0.3 is 19.5 Å². The van der Waals surface area contributed by atoms with Crippen molar-refractivity contribution in [1.82, 2.24) is 15.1 Å². The molecule has 0 aliphatic carbocycles. The number of anilines is 1. The van der Waals surface area contributed by atoms with Gasteiger partial charge in [0.05, 0.1) is 42.7 Å². The Morgan fingerprint density at radius 2 is 1.84 bits per heavy atom. The minimum Gasteiger partial charge on any atom is -0.493 e. The monoisotopic (exact) mass is 616 g/mol. The number of halogens is 1. The zero-order valence-corrected chi connectivity index (χ0v) is 25.3. The minimum absolute atomic E-state index is 0.0336. The third-order valence-electron chi connectivity index (χ3n) is 7.77. The molecule has 1 aromatic heterocycles. The summed E-state index contributed by atoms with van der Waals surface area (Å²) in [7, 11) is 3.16. The number of carbonyl (C=O) groups excluding carboxylic acids is 2. The van der Waals surface area contributed by atoms with Gasteiger partial charge in [0, 0.05) is 24.3 Å². The lowest BCUT2D eigenvalue weighted by atomic mass is 9.99. The van der Waals surface area contributed by atoms with Gasteiger partial charge in [0.1, 0.15) is 18.2 Å². The molecule has 1 N–H and O–H groups in total. The Labute approximate surface area is 259 Å². The summed E-state index contributed by atoms with van der Waals surface area (Å²) < 4.78 is 32.4. The number of hydrogen-bond donors (Lipinski definition) is 1. The first-order valence-electron chi connectivity index (χ1n) is 14.4. The summed E-state index contributed by atoms with van der Waals surface area (Å²) in [5.74, 6) is 0.774. The van der Waals surface area contributed by atoms with Gasteiger partial charge >= 0.3 is 0 Å². The van der Waals surface area contributed by atoms with Gasteiger partial charge in [-0.1, -0.05) is 36.4 Å². The number of fused-ring (bicyclic) bond motifs is 1. The van der Waals surface area contributed by atoms with Crippen LogP contribution >= 0.6 is 11.8 Å². The lowest BCUT2D eigenvalue weighted by molar-refractivity contribution is -0.123. The topological polar surface area (TPSA) is 94.9 Å². The molecule has 44 heavy (non-hydrogen) atoms. The van der Waals surface area contributed by atoms with Crippen molar-refractivity contribution in [2.75, 3.05) is 44.6 Å². The fourth-order valence-electron chi connectivity index (χ4n) is 5.60. The standard InChI is InChI=1S/C33H33FN4O5S/c1-41-26-15-10-22(17-27(26)42-2)32-30-31(21-7-4-3-5-8-21)36-38(24-13-11-23(34)12-14-24)33(30)37(29(40)20-44-32)19-28(39)35-18-25-9-6-16-43-25/h3-5,7-8,10-15,17,25,32H,6,9,16,18-20H2,1-2H3,(H,35,39)/t25-,32-/m1/s1. The van der Waals surface area contributed by atoms with E-state index in [1.54, 1.807) is 31.0 Å². The highest BCUT2D eigenvalue weighted by Crippen LogP contribution is 2.49. The second-order valence-corrected chi connectivity index (χ2v) is 11.7. The summed E-state index contributed by atoms with van der Waals surface area (Å²) in [6, 6.07) is 21.3. The Bertz CT molecular complexity index is 1640. The van der Waals surface area contributed by atoms with Crippen LogP contribution in [0, 0.1) is 5.82 Å². The van der Waals surface area contributed by atoms with Gasteiger partial charge in [0.2, 0.25) is 11.8 Å². The number of nitrogens with zero attached hydrogens (tertiary/aromatic N) is 3. The van der Waals surface area contributed by atoms with E-state index in [2.05, 4.69) is 5.32 Å². The molecule has 228 valence electrons. The van der Waals surface area contributed by atoms with Crippen molar-refractivity contribution in [2.45, 2.75) is 24.2 Å². The number of nitrogens with one attached hydrogen (secondary N) is 1. The van der Waals surface area contributed by atoms with E-state index in [1.807, 2.05) is 48.5 Å². The highest BCUT2D eigenvalue weighted by atomic mass is 32.2. The van der Waals surface area contributed by atoms with E-state index < -0.39 is 5.82 Å². The maximum Gasteiger partial charge on any atom is 0.240 e. The fraction of sp³-hybridized carbons (Fsp3) is 0.303. The molecule has 0 spiro atoms. The van der Waals surface area contributed by atoms with Crippen LogP contribution in [0.4, 0.5) is 10.2 Å². The predicted octanol–water partition coefficient (Wildman–Crippen LogP) is 5.16. The number of ether oxygens (including phenoxy) is 3. The molecule has 0 bridgehead atoms. The van der Waals surface area contributed by atoms with E-state index in [9.17, 15) is 14.0 Å². The quantitative estimate of drug-likeness (QED) is 0.278. The van der Waals surface area contributed by atoms with E-state index >= 15 is 0 Å². The van der Waals surface area contributed by atoms with Crippen LogP contribution in [0.2, 0.25) is 0 Å². The third kappa shape index (κ3) is 6.02. The van der Waals surface area contributed by atoms with Gasteiger partial charge in [0.15, 0.2) is 11.5 Å². The van der Waals surface area contributed by atoms with Crippen molar-refractivity contribution in [3.8, 4) is 28.4 Å². The minimum atomic E-state index is -0.393. The molecule has 2 aliphatic heterocycles. The van der Waals surface area contributed by atoms with Gasteiger partial charge in [-0.15, -0.1) is 11.8 Å². The smallest absolute Gasteiger partial charge is 0.240 e. The predicted molar refractivity (Wildman–Crippen MR) is 167 cm³/mol. The van der Waals surface area contributed by atoms with E-state index in [1.165, 1.54) is 28.8 Å². The van der Waals surface area contributed by atoms with Crippen LogP contribution in [-0.2, 0) is 14.3 Å². The molecule has 0 saturated carbocycles. The van der Waals surface area contributed by atoms with Gasteiger partial charge in [0.25, 0.3) is 0 Å². The number of rotatable bonds is 9. The number of amides is 2. The van der Waals surface area contributed by atoms with Gasteiger partial charge in [-0.2, -0.15) is 5.10 Å². The molecule has 0 radical (unpaired) electrons. The Morgan fingerprint density at radius 3 is 2.55 bits per heavy atom. The van der Waals surface area contributed by atoms with Crippen LogP contribution in [0.15, 0.2) is 72.8 Å². The molecular formula is C33H33FN4O5S. The molecule has 2 aliphatic rings. The lowest BCUT2D eigenvalue weighted by Gasteiger charge is -2.23. The van der Waals surface area contributed by atoms with Crippen LogP contribution in [0.1, 0.15) is 29.2 Å². The zero-order chi connectivity index (χ0) is 30.6. The first kappa shape index (κ1) is 29.7. The van der Waals surface area contributed by atoms with E-state index in [4.69, 9.17) is 19.3 Å². The average molecular weight is 617 g/mol. The Hall–Kier alpha value is -4.35. The number of aromatic nitrogens is 2. The van der Waals surface area contributed by atoms with Crippen molar-refractivity contribution >= 4 is 29.4 Å². The molecular weight excluding hydrogens is 583 g/mol. The molecule has 9 nitrogen and oxygen atoms in total. The van der Waals surface area contributed by atoms with Crippen LogP contribution in [0.25, 0.3) is 16.9 Å². The van der Waals surface area contributed by atoms with E-state index in [0.29, 0.717) is 41.8 Å². The first-order chi connectivity index (χ1) is 21.5. The normalized spacial score (nSPS) is 18.1. The van der Waals surface area contributed by atoms with Gasteiger partial charge in [-0.3, -0.25) is 14.5 Å². The maximum absolute atomic E-state index is 14.0. The summed E-state index contributed by atoms with van der Waals surface area (Å²) in [5, 5.41) is 7.62. The summed E-state index contributed by atoms with van der Waals surface area (Å²) in [6.45, 7) is 0.852. The molecule has 3 heterocycles. The number of thioether (sulfide) groups is 1. The van der Waals surface area contributed by atoms with Gasteiger partial charge in [-0.25, -0.2) is 9.07 Å². The van der Waals surface area contributed by atoms with E-state index in [-0.39, 0.29) is 35.5 Å². The fourth-order valence-corrected chi connectivity index (χ4v) is 6.79. The number of carbonyl (C=O) groups is 2. The van der Waals surface area contributed by atoms with Crippen LogP contribution < -0.4 is 19.7 Å². The largest absolute Gasteiger partial charge is 0.493 e. The molecule has 11 heteroatoms. The summed E-state index contributed by atoms with van der Waals surface area (Å²) in [6.07, 6.45) is 1.81. The Morgan fingerprint density at radius 1 is 1.07 bits per heavy atom. The second kappa shape index (κ2) is 13.1. The summed E-state index contributed by atoms with van der Waals surface area (Å²) in [5.41, 5.74) is 3.68. The van der Waals surface area contributed by atoms with Crippen molar-refractivity contribution in [3.05, 3.63) is 89.7 Å². The molecule has 2 amide bonds. The summed E-state index contributed by atoms with van der Waals surface area (Å²) >= 11 is 1.45. The number of benzene rings is 3. The molecule has 0 unspecified atom stereocenters. The van der Waals surface area contributed by atoms with Gasteiger partial charge in [-0.05, 0) is 54.8 Å². The average Bonchev–Trinajstić information content (AvgIpc) is 3.69. The highest BCUT2D eigenvalue weighted by Gasteiger charge is 2.38. The molecule has 3 aromatic carbocycles. The van der Waals surface area contributed by atoms with Crippen LogP contribution in [0.3, 0.4) is 0 Å². The first-order valence-corrected chi connectivity index (χ1v) is 15.5. The molecule has 1 saturated heterocycles. The van der Waals surface area contributed by atoms with Crippen LogP contribution in [-0.4, -0.2) is 67.4 Å². The Balaban J connectivity index is 1.52. The second-order valence-electron chi connectivity index (χ2n) is 10.6. The molecule has 2 atom stereocenters. The van der Waals surface area contributed by atoms with Crippen molar-refractivity contribution < 1.29 is 28.2 Å². The third-order valence-corrected chi connectivity index (χ3v) is 9.03. The molecule has 4 aromatic rings. The SMILES string of the molecule is COc1ccc([C@H]2SCC(=O)N(CC(=O)NC[C@H]3CCCO3)c3c2c(-c2ccccc2)nn3-c2ccc(F)cc2)cc1OC. The van der Waals surface area contributed by atoms with E-state index in [0.717, 1.165) is 29.5 Å². The zero-order valence-electron chi connectivity index (χ0n) is 24.5. The number of methoxy groups -OCH3 is 2. The molecule has 6 rings (SSSR count). The highest BCUT2D eigenvalue weighted by molar-refractivity contribution is 8.00. The number of hydrogen-bond acceptors (Lipinski definition) is 7. The Kier molecular flexibility index (Phi) is 8.85. The van der Waals surface area contributed by atoms with Crippen LogP contribution in [0.5, 0.6) is 11.5 Å².